The molecule has 1 fully saturated rings. The van der Waals surface area contributed by atoms with Gasteiger partial charge in [-0.2, -0.15) is 5.10 Å². The second-order valence-corrected chi connectivity index (χ2v) is 8.20. The first-order valence-electron chi connectivity index (χ1n) is 10.9. The van der Waals surface area contributed by atoms with Crippen LogP contribution < -0.4 is 10.6 Å². The first-order valence-corrected chi connectivity index (χ1v) is 10.9. The van der Waals surface area contributed by atoms with Crippen molar-refractivity contribution in [2.24, 2.45) is 12.0 Å². The van der Waals surface area contributed by atoms with Gasteiger partial charge in [0, 0.05) is 70.7 Å². The highest BCUT2D eigenvalue weighted by molar-refractivity contribution is 14.0. The Kier molecular flexibility index (Phi) is 10.2. The van der Waals surface area contributed by atoms with E-state index in [1.807, 2.05) is 18.8 Å². The highest BCUT2D eigenvalue weighted by atomic mass is 127. The molecule has 172 valence electrons. The molecule has 2 aromatic rings. The number of halogens is 1. The molecule has 1 aromatic heterocycles. The summed E-state index contributed by atoms with van der Waals surface area (Å²) in [5.74, 6) is 0.843. The van der Waals surface area contributed by atoms with E-state index in [4.69, 9.17) is 0 Å². The summed E-state index contributed by atoms with van der Waals surface area (Å²) in [5.41, 5.74) is 4.91. The second-order valence-electron chi connectivity index (χ2n) is 8.20. The molecular weight excluding hydrogens is 501 g/mol. The summed E-state index contributed by atoms with van der Waals surface area (Å²) in [6.07, 6.45) is 1.08. The van der Waals surface area contributed by atoms with Crippen LogP contribution in [0.15, 0.2) is 35.3 Å². The van der Waals surface area contributed by atoms with Gasteiger partial charge in [-0.1, -0.05) is 30.3 Å². The van der Waals surface area contributed by atoms with Gasteiger partial charge in [-0.15, -0.1) is 24.0 Å². The molecule has 0 radical (unpaired) electrons. The van der Waals surface area contributed by atoms with E-state index in [0.717, 1.165) is 57.3 Å². The van der Waals surface area contributed by atoms with Crippen LogP contribution in [0.5, 0.6) is 0 Å². The lowest BCUT2D eigenvalue weighted by Crippen LogP contribution is -2.47. The van der Waals surface area contributed by atoms with Crippen LogP contribution in [0.4, 0.5) is 0 Å². The zero-order chi connectivity index (χ0) is 21.5. The van der Waals surface area contributed by atoms with Crippen molar-refractivity contribution in [2.45, 2.75) is 32.9 Å². The summed E-state index contributed by atoms with van der Waals surface area (Å²) in [6.45, 7) is 10.2. The molecule has 0 saturated carbocycles. The quantitative estimate of drug-likeness (QED) is 0.245. The van der Waals surface area contributed by atoms with Gasteiger partial charge in [-0.05, 0) is 32.9 Å². The number of rotatable bonds is 7. The summed E-state index contributed by atoms with van der Waals surface area (Å²) in [5, 5.41) is 11.4. The largest absolute Gasteiger partial charge is 0.356 e. The van der Waals surface area contributed by atoms with E-state index in [-0.39, 0.29) is 24.0 Å². The van der Waals surface area contributed by atoms with Gasteiger partial charge in [0.1, 0.15) is 0 Å². The van der Waals surface area contributed by atoms with Crippen molar-refractivity contribution in [3.8, 4) is 0 Å². The van der Waals surface area contributed by atoms with E-state index < -0.39 is 0 Å². The van der Waals surface area contributed by atoms with E-state index in [1.54, 1.807) is 0 Å². The molecule has 2 N–H and O–H groups in total. The lowest BCUT2D eigenvalue weighted by Gasteiger charge is -2.40. The van der Waals surface area contributed by atoms with Crippen LogP contribution in [0.25, 0.3) is 0 Å². The summed E-state index contributed by atoms with van der Waals surface area (Å²) < 4.78 is 1.93. The fourth-order valence-corrected chi connectivity index (χ4v) is 4.17. The average molecular weight is 540 g/mol. The molecule has 8 heteroatoms. The SMILES string of the molecule is CN=C(NCCCN1CCN(C)CC1c1ccccc1)NCc1c(C)nn(C)c1C.I. The number of guanidine groups is 1. The molecular formula is C23H38IN7. The number of likely N-dealkylation sites (N-methyl/N-ethyl adjacent to an activating group) is 1. The van der Waals surface area contributed by atoms with E-state index in [0.29, 0.717) is 6.04 Å². The van der Waals surface area contributed by atoms with Crippen molar-refractivity contribution in [3.63, 3.8) is 0 Å². The molecule has 31 heavy (non-hydrogen) atoms. The average Bonchev–Trinajstić information content (AvgIpc) is 3.00. The number of hydrogen-bond acceptors (Lipinski definition) is 4. The van der Waals surface area contributed by atoms with Gasteiger partial charge in [0.15, 0.2) is 5.96 Å². The van der Waals surface area contributed by atoms with Crippen molar-refractivity contribution in [1.29, 1.82) is 0 Å². The van der Waals surface area contributed by atoms with E-state index in [1.165, 1.54) is 16.8 Å². The molecule has 1 aromatic carbocycles. The van der Waals surface area contributed by atoms with E-state index in [2.05, 4.69) is 81.8 Å². The lowest BCUT2D eigenvalue weighted by atomic mass is 10.0. The van der Waals surface area contributed by atoms with Gasteiger partial charge >= 0.3 is 0 Å². The third-order valence-corrected chi connectivity index (χ3v) is 6.11. The summed E-state index contributed by atoms with van der Waals surface area (Å²) in [4.78, 5) is 9.42. The van der Waals surface area contributed by atoms with Gasteiger partial charge in [0.05, 0.1) is 5.69 Å². The van der Waals surface area contributed by atoms with Gasteiger partial charge in [0.2, 0.25) is 0 Å². The Balaban J connectivity index is 0.00000341. The fourth-order valence-electron chi connectivity index (χ4n) is 4.17. The molecule has 1 aliphatic rings. The number of aromatic nitrogens is 2. The number of hydrogen-bond donors (Lipinski definition) is 2. The normalized spacial score (nSPS) is 18.0. The lowest BCUT2D eigenvalue weighted by molar-refractivity contribution is 0.0891. The van der Waals surface area contributed by atoms with Crippen molar-refractivity contribution in [2.75, 3.05) is 46.8 Å². The fraction of sp³-hybridized carbons (Fsp3) is 0.565. The van der Waals surface area contributed by atoms with Gasteiger partial charge in [-0.3, -0.25) is 14.6 Å². The molecule has 1 saturated heterocycles. The minimum Gasteiger partial charge on any atom is -0.356 e. The standard InChI is InChI=1S/C23H37N7.HI/c1-18-21(19(2)29(5)27-18)16-26-23(24-3)25-12-9-13-30-15-14-28(4)17-22(30)20-10-7-6-8-11-20;/h6-8,10-11,22H,9,12-17H2,1-5H3,(H2,24,25,26);1H. The van der Waals surface area contributed by atoms with Gasteiger partial charge in [0.25, 0.3) is 0 Å². The maximum atomic E-state index is 4.49. The number of aliphatic imine (C=N–C) groups is 1. The number of nitrogens with zero attached hydrogens (tertiary/aromatic N) is 5. The zero-order valence-electron chi connectivity index (χ0n) is 19.6. The summed E-state index contributed by atoms with van der Waals surface area (Å²) in [7, 11) is 6.03. The van der Waals surface area contributed by atoms with E-state index >= 15 is 0 Å². The predicted octanol–water partition coefficient (Wildman–Crippen LogP) is 2.70. The highest BCUT2D eigenvalue weighted by Gasteiger charge is 2.25. The van der Waals surface area contributed by atoms with Crippen molar-refractivity contribution < 1.29 is 0 Å². The minimum absolute atomic E-state index is 0. The van der Waals surface area contributed by atoms with Crippen molar-refractivity contribution in [3.05, 3.63) is 52.8 Å². The first kappa shape index (κ1) is 25.6. The third kappa shape index (κ3) is 6.92. The molecule has 7 nitrogen and oxygen atoms in total. The van der Waals surface area contributed by atoms with Gasteiger partial charge < -0.3 is 15.5 Å². The molecule has 1 unspecified atom stereocenters. The smallest absolute Gasteiger partial charge is 0.191 e. The Morgan fingerprint density at radius 2 is 1.87 bits per heavy atom. The van der Waals surface area contributed by atoms with Crippen LogP contribution in [-0.2, 0) is 13.6 Å². The summed E-state index contributed by atoms with van der Waals surface area (Å²) >= 11 is 0. The van der Waals surface area contributed by atoms with Crippen LogP contribution in [0.3, 0.4) is 0 Å². The highest BCUT2D eigenvalue weighted by Crippen LogP contribution is 2.24. The Morgan fingerprint density at radius 1 is 1.13 bits per heavy atom. The molecule has 0 spiro atoms. The Labute approximate surface area is 204 Å². The van der Waals surface area contributed by atoms with Crippen LogP contribution in [0.1, 0.15) is 35.0 Å². The topological polar surface area (TPSA) is 60.7 Å². The monoisotopic (exact) mass is 539 g/mol. The predicted molar refractivity (Wildman–Crippen MR) is 139 cm³/mol. The van der Waals surface area contributed by atoms with Crippen molar-refractivity contribution in [1.82, 2.24) is 30.2 Å². The molecule has 0 amide bonds. The molecule has 1 atom stereocenters. The van der Waals surface area contributed by atoms with Crippen molar-refractivity contribution >= 4 is 29.9 Å². The third-order valence-electron chi connectivity index (χ3n) is 6.11. The van der Waals surface area contributed by atoms with Crippen LogP contribution in [-0.4, -0.2) is 72.4 Å². The number of piperazine rings is 1. The number of aryl methyl sites for hydroxylation is 2. The number of nitrogens with one attached hydrogen (secondary N) is 2. The van der Waals surface area contributed by atoms with Crippen LogP contribution in [0.2, 0.25) is 0 Å². The van der Waals surface area contributed by atoms with Crippen LogP contribution in [0, 0.1) is 13.8 Å². The number of benzene rings is 1. The molecule has 1 aliphatic heterocycles. The molecule has 0 bridgehead atoms. The molecule has 2 heterocycles. The maximum Gasteiger partial charge on any atom is 0.191 e. The first-order chi connectivity index (χ1) is 14.5. The van der Waals surface area contributed by atoms with Gasteiger partial charge in [-0.25, -0.2) is 0 Å². The Bertz CT molecular complexity index is 834. The Morgan fingerprint density at radius 3 is 2.52 bits per heavy atom. The molecule has 0 aliphatic carbocycles. The minimum atomic E-state index is 0. The second kappa shape index (κ2) is 12.4. The van der Waals surface area contributed by atoms with E-state index in [9.17, 15) is 0 Å². The van der Waals surface area contributed by atoms with Crippen LogP contribution >= 0.6 is 24.0 Å². The molecule has 3 rings (SSSR count). The Hall–Kier alpha value is -1.65. The zero-order valence-corrected chi connectivity index (χ0v) is 21.9. The summed E-state index contributed by atoms with van der Waals surface area (Å²) in [6, 6.07) is 11.4. The maximum absolute atomic E-state index is 4.49.